The summed E-state index contributed by atoms with van der Waals surface area (Å²) < 4.78 is 52.9. The van der Waals surface area contributed by atoms with Gasteiger partial charge in [0.25, 0.3) is 15.9 Å². The minimum atomic E-state index is -4.04. The van der Waals surface area contributed by atoms with E-state index in [2.05, 4.69) is 10.0 Å². The number of halogens is 2. The number of benzene rings is 2. The Labute approximate surface area is 138 Å². The molecule has 0 aliphatic heterocycles. The van der Waals surface area contributed by atoms with Gasteiger partial charge in [-0.1, -0.05) is 13.0 Å². The number of sulfonamides is 1. The Morgan fingerprint density at radius 3 is 2.50 bits per heavy atom. The number of rotatable bonds is 6. The molecule has 128 valence electrons. The van der Waals surface area contributed by atoms with Gasteiger partial charge in [0.2, 0.25) is 0 Å². The van der Waals surface area contributed by atoms with E-state index in [1.165, 1.54) is 24.3 Å². The normalized spacial score (nSPS) is 11.1. The molecule has 0 heterocycles. The van der Waals surface area contributed by atoms with E-state index in [9.17, 15) is 22.0 Å². The van der Waals surface area contributed by atoms with Gasteiger partial charge in [0.15, 0.2) is 11.6 Å². The van der Waals surface area contributed by atoms with Crippen LogP contribution < -0.4 is 10.0 Å². The molecule has 1 amide bonds. The van der Waals surface area contributed by atoms with E-state index in [1.807, 2.05) is 6.92 Å². The van der Waals surface area contributed by atoms with Gasteiger partial charge in [-0.05, 0) is 36.8 Å². The van der Waals surface area contributed by atoms with Crippen LogP contribution in [-0.2, 0) is 10.0 Å². The highest BCUT2D eigenvalue weighted by atomic mass is 32.2. The SMILES string of the molecule is CCCNC(=O)c1cccc(S(=O)(=O)Nc2ccc(F)c(F)c2)c1. The molecule has 0 aliphatic rings. The van der Waals surface area contributed by atoms with Crippen molar-refractivity contribution < 1.29 is 22.0 Å². The molecule has 0 saturated carbocycles. The largest absolute Gasteiger partial charge is 0.352 e. The maximum Gasteiger partial charge on any atom is 0.261 e. The molecule has 2 aromatic rings. The Bertz CT molecular complexity index is 854. The minimum absolute atomic E-state index is 0.116. The summed E-state index contributed by atoms with van der Waals surface area (Å²) in [6.45, 7) is 2.37. The van der Waals surface area contributed by atoms with Gasteiger partial charge in [-0.2, -0.15) is 0 Å². The summed E-state index contributed by atoms with van der Waals surface area (Å²) in [5, 5.41) is 2.65. The van der Waals surface area contributed by atoms with Gasteiger partial charge >= 0.3 is 0 Å². The van der Waals surface area contributed by atoms with Crippen LogP contribution in [0.1, 0.15) is 23.7 Å². The highest BCUT2D eigenvalue weighted by molar-refractivity contribution is 7.92. The van der Waals surface area contributed by atoms with Crippen LogP contribution in [0, 0.1) is 11.6 Å². The van der Waals surface area contributed by atoms with Crippen LogP contribution in [0.2, 0.25) is 0 Å². The predicted molar refractivity (Wildman–Crippen MR) is 86.2 cm³/mol. The summed E-state index contributed by atoms with van der Waals surface area (Å²) in [7, 11) is -4.04. The maximum absolute atomic E-state index is 13.2. The molecular weight excluding hydrogens is 338 g/mol. The van der Waals surface area contributed by atoms with Crippen molar-refractivity contribution in [2.45, 2.75) is 18.2 Å². The molecule has 0 spiro atoms. The molecule has 24 heavy (non-hydrogen) atoms. The summed E-state index contributed by atoms with van der Waals surface area (Å²) in [6.07, 6.45) is 0.751. The average molecular weight is 354 g/mol. The van der Waals surface area contributed by atoms with Gasteiger partial charge in [-0.15, -0.1) is 0 Å². The number of anilines is 1. The smallest absolute Gasteiger partial charge is 0.261 e. The Hall–Kier alpha value is -2.48. The monoisotopic (exact) mass is 354 g/mol. The van der Waals surface area contributed by atoms with Gasteiger partial charge in [-0.25, -0.2) is 17.2 Å². The Morgan fingerprint density at radius 1 is 1.08 bits per heavy atom. The summed E-state index contributed by atoms with van der Waals surface area (Å²) >= 11 is 0. The highest BCUT2D eigenvalue weighted by Crippen LogP contribution is 2.19. The van der Waals surface area contributed by atoms with Gasteiger partial charge in [0.1, 0.15) is 0 Å². The third kappa shape index (κ3) is 4.29. The van der Waals surface area contributed by atoms with Crippen molar-refractivity contribution in [3.8, 4) is 0 Å². The van der Waals surface area contributed by atoms with Crippen LogP contribution in [0.5, 0.6) is 0 Å². The fourth-order valence-corrected chi connectivity index (χ4v) is 3.01. The number of carbonyl (C=O) groups excluding carboxylic acids is 1. The zero-order chi connectivity index (χ0) is 17.7. The van der Waals surface area contributed by atoms with Crippen LogP contribution in [0.3, 0.4) is 0 Å². The molecule has 5 nitrogen and oxygen atoms in total. The zero-order valence-corrected chi connectivity index (χ0v) is 13.7. The number of hydrogen-bond acceptors (Lipinski definition) is 3. The summed E-state index contributed by atoms with van der Waals surface area (Å²) in [5.74, 6) is -2.63. The number of nitrogens with one attached hydrogen (secondary N) is 2. The lowest BCUT2D eigenvalue weighted by atomic mass is 10.2. The number of carbonyl (C=O) groups is 1. The summed E-state index contributed by atoms with van der Waals surface area (Å²) in [5.41, 5.74) is 0.0753. The standard InChI is InChI=1S/C16H16F2N2O3S/c1-2-8-19-16(21)11-4-3-5-13(9-11)24(22,23)20-12-6-7-14(17)15(18)10-12/h3-7,9-10,20H,2,8H2,1H3,(H,19,21). The van der Waals surface area contributed by atoms with Crippen LogP contribution >= 0.6 is 0 Å². The van der Waals surface area contributed by atoms with E-state index in [4.69, 9.17) is 0 Å². The van der Waals surface area contributed by atoms with Crippen molar-refractivity contribution in [3.05, 3.63) is 59.7 Å². The molecule has 2 N–H and O–H groups in total. The van der Waals surface area contributed by atoms with Crippen molar-refractivity contribution >= 4 is 21.6 Å². The summed E-state index contributed by atoms with van der Waals surface area (Å²) in [6, 6.07) is 8.11. The molecule has 0 radical (unpaired) electrons. The van der Waals surface area contributed by atoms with Gasteiger partial charge in [0.05, 0.1) is 10.6 Å². The van der Waals surface area contributed by atoms with Crippen molar-refractivity contribution in [2.24, 2.45) is 0 Å². The van der Waals surface area contributed by atoms with Gasteiger partial charge in [-0.3, -0.25) is 9.52 Å². The first-order chi connectivity index (χ1) is 11.3. The van der Waals surface area contributed by atoms with Crippen molar-refractivity contribution in [2.75, 3.05) is 11.3 Å². The van der Waals surface area contributed by atoms with E-state index in [0.717, 1.165) is 24.6 Å². The molecule has 8 heteroatoms. The van der Waals surface area contributed by atoms with Crippen LogP contribution in [-0.4, -0.2) is 20.9 Å². The van der Waals surface area contributed by atoms with Crippen molar-refractivity contribution in [1.29, 1.82) is 0 Å². The molecule has 2 rings (SSSR count). The van der Waals surface area contributed by atoms with Crippen molar-refractivity contribution in [3.63, 3.8) is 0 Å². The lowest BCUT2D eigenvalue weighted by Crippen LogP contribution is -2.24. The van der Waals surface area contributed by atoms with Crippen LogP contribution in [0.25, 0.3) is 0 Å². The lowest BCUT2D eigenvalue weighted by molar-refractivity contribution is 0.0953. The fraction of sp³-hybridized carbons (Fsp3) is 0.188. The number of amides is 1. The molecule has 0 fully saturated rings. The lowest BCUT2D eigenvalue weighted by Gasteiger charge is -2.10. The van der Waals surface area contributed by atoms with E-state index >= 15 is 0 Å². The van der Waals surface area contributed by atoms with E-state index in [1.54, 1.807) is 0 Å². The molecule has 0 aromatic heterocycles. The number of hydrogen-bond donors (Lipinski definition) is 2. The molecule has 0 atom stereocenters. The van der Waals surface area contributed by atoms with Gasteiger partial charge < -0.3 is 5.32 Å². The molecule has 0 bridgehead atoms. The second-order valence-corrected chi connectivity index (χ2v) is 6.70. The second kappa shape index (κ2) is 7.39. The fourth-order valence-electron chi connectivity index (χ4n) is 1.92. The van der Waals surface area contributed by atoms with Gasteiger partial charge in [0, 0.05) is 18.2 Å². The minimum Gasteiger partial charge on any atom is -0.352 e. The maximum atomic E-state index is 13.2. The Morgan fingerprint density at radius 2 is 1.83 bits per heavy atom. The van der Waals surface area contributed by atoms with E-state index < -0.39 is 21.7 Å². The van der Waals surface area contributed by atoms with Crippen LogP contribution in [0.4, 0.5) is 14.5 Å². The molecule has 0 saturated heterocycles. The third-order valence-corrected chi connectivity index (χ3v) is 4.49. The second-order valence-electron chi connectivity index (χ2n) is 5.02. The van der Waals surface area contributed by atoms with Crippen LogP contribution in [0.15, 0.2) is 47.4 Å². The van der Waals surface area contributed by atoms with Crippen molar-refractivity contribution in [1.82, 2.24) is 5.32 Å². The Balaban J connectivity index is 2.25. The highest BCUT2D eigenvalue weighted by Gasteiger charge is 2.17. The first kappa shape index (κ1) is 17.9. The first-order valence-corrected chi connectivity index (χ1v) is 8.68. The molecule has 0 unspecified atom stereocenters. The average Bonchev–Trinajstić information content (AvgIpc) is 2.56. The van der Waals surface area contributed by atoms with E-state index in [0.29, 0.717) is 6.54 Å². The quantitative estimate of drug-likeness (QED) is 0.838. The zero-order valence-electron chi connectivity index (χ0n) is 12.8. The predicted octanol–water partition coefficient (Wildman–Crippen LogP) is 2.91. The summed E-state index contributed by atoms with van der Waals surface area (Å²) in [4.78, 5) is 11.7. The molecule has 0 aliphatic carbocycles. The Kier molecular flexibility index (Phi) is 5.50. The third-order valence-electron chi connectivity index (χ3n) is 3.11. The molecule has 2 aromatic carbocycles. The first-order valence-electron chi connectivity index (χ1n) is 7.19. The van der Waals surface area contributed by atoms with E-state index in [-0.39, 0.29) is 22.1 Å². The topological polar surface area (TPSA) is 75.3 Å². The molecular formula is C16H16F2N2O3S.